The predicted octanol–water partition coefficient (Wildman–Crippen LogP) is 3.22. The third-order valence-corrected chi connectivity index (χ3v) is 3.72. The summed E-state index contributed by atoms with van der Waals surface area (Å²) in [5.41, 5.74) is 2.03. The van der Waals surface area contributed by atoms with E-state index in [2.05, 4.69) is 53.9 Å². The number of amides is 1. The molecule has 1 fully saturated rings. The van der Waals surface area contributed by atoms with Crippen LogP contribution in [0.4, 0.5) is 10.5 Å². The normalized spacial score (nSPS) is 20.8. The molecular formula is C18H29N3O2. The second kappa shape index (κ2) is 7.21. The number of para-hydroxylation sites is 1. The molecule has 0 saturated heterocycles. The maximum absolute atomic E-state index is 11.7. The summed E-state index contributed by atoms with van der Waals surface area (Å²) < 4.78 is 5.28. The fourth-order valence-electron chi connectivity index (χ4n) is 2.69. The van der Waals surface area contributed by atoms with Crippen molar-refractivity contribution in [1.82, 2.24) is 10.2 Å². The molecule has 0 bridgehead atoms. The Bertz CT molecular complexity index is 531. The van der Waals surface area contributed by atoms with Crippen LogP contribution in [0.1, 0.15) is 39.2 Å². The van der Waals surface area contributed by atoms with Crippen LogP contribution < -0.4 is 10.6 Å². The maximum atomic E-state index is 11.7. The zero-order chi connectivity index (χ0) is 17.0. The topological polar surface area (TPSA) is 53.6 Å². The van der Waals surface area contributed by atoms with E-state index in [1.807, 2.05) is 20.8 Å². The van der Waals surface area contributed by atoms with Gasteiger partial charge in [0.1, 0.15) is 5.60 Å². The number of benzene rings is 1. The molecule has 2 rings (SSSR count). The van der Waals surface area contributed by atoms with E-state index in [0.717, 1.165) is 19.4 Å². The van der Waals surface area contributed by atoms with Gasteiger partial charge < -0.3 is 20.3 Å². The Morgan fingerprint density at radius 2 is 1.87 bits per heavy atom. The summed E-state index contributed by atoms with van der Waals surface area (Å²) in [6.07, 6.45) is 1.53. The van der Waals surface area contributed by atoms with Crippen LogP contribution >= 0.6 is 0 Å². The van der Waals surface area contributed by atoms with Gasteiger partial charge in [0.05, 0.1) is 0 Å². The van der Waals surface area contributed by atoms with E-state index in [4.69, 9.17) is 4.74 Å². The number of nitrogens with zero attached hydrogens (tertiary/aromatic N) is 1. The lowest BCUT2D eigenvalue weighted by molar-refractivity contribution is 0.0475. The number of alkyl carbamates (subject to hydrolysis) is 1. The Balaban J connectivity index is 1.79. The van der Waals surface area contributed by atoms with Gasteiger partial charge in [0.25, 0.3) is 0 Å². The molecule has 23 heavy (non-hydrogen) atoms. The van der Waals surface area contributed by atoms with Crippen molar-refractivity contribution in [3.05, 3.63) is 29.8 Å². The van der Waals surface area contributed by atoms with E-state index in [0.29, 0.717) is 6.04 Å². The quantitative estimate of drug-likeness (QED) is 0.875. The van der Waals surface area contributed by atoms with E-state index in [-0.39, 0.29) is 12.1 Å². The summed E-state index contributed by atoms with van der Waals surface area (Å²) >= 11 is 0. The molecule has 0 aromatic heterocycles. The fraction of sp³-hybridized carbons (Fsp3) is 0.611. The highest BCUT2D eigenvalue weighted by atomic mass is 16.6. The summed E-state index contributed by atoms with van der Waals surface area (Å²) in [4.78, 5) is 13.9. The molecule has 5 nitrogen and oxygen atoms in total. The SMILES string of the molecule is CN(C)Cc1ccccc1NC1CC(NC(=O)OC(C)(C)C)C1. The fourth-order valence-corrected chi connectivity index (χ4v) is 2.69. The molecule has 1 aliphatic rings. The Kier molecular flexibility index (Phi) is 5.52. The lowest BCUT2D eigenvalue weighted by atomic mass is 9.86. The highest BCUT2D eigenvalue weighted by molar-refractivity contribution is 5.68. The molecule has 0 aliphatic heterocycles. The number of carbonyl (C=O) groups is 1. The van der Waals surface area contributed by atoms with Crippen LogP contribution in [-0.2, 0) is 11.3 Å². The number of anilines is 1. The van der Waals surface area contributed by atoms with Gasteiger partial charge in [-0.3, -0.25) is 0 Å². The Hall–Kier alpha value is -1.75. The minimum atomic E-state index is -0.448. The molecule has 0 unspecified atom stereocenters. The number of ether oxygens (including phenoxy) is 1. The maximum Gasteiger partial charge on any atom is 0.407 e. The highest BCUT2D eigenvalue weighted by Gasteiger charge is 2.31. The molecule has 0 spiro atoms. The molecule has 5 heteroatoms. The van der Waals surface area contributed by atoms with Gasteiger partial charge in [-0.15, -0.1) is 0 Å². The predicted molar refractivity (Wildman–Crippen MR) is 93.6 cm³/mol. The van der Waals surface area contributed by atoms with Crippen molar-refractivity contribution in [2.75, 3.05) is 19.4 Å². The monoisotopic (exact) mass is 319 g/mol. The number of carbonyl (C=O) groups excluding carboxylic acids is 1. The second-order valence-corrected chi connectivity index (χ2v) is 7.55. The third-order valence-electron chi connectivity index (χ3n) is 3.72. The van der Waals surface area contributed by atoms with Crippen LogP contribution in [0.25, 0.3) is 0 Å². The molecular weight excluding hydrogens is 290 g/mol. The minimum Gasteiger partial charge on any atom is -0.444 e. The van der Waals surface area contributed by atoms with Crippen molar-refractivity contribution in [2.24, 2.45) is 0 Å². The molecule has 1 aromatic rings. The first-order valence-corrected chi connectivity index (χ1v) is 8.21. The summed E-state index contributed by atoms with van der Waals surface area (Å²) in [6.45, 7) is 6.54. The summed E-state index contributed by atoms with van der Waals surface area (Å²) in [5.74, 6) is 0. The molecule has 1 aromatic carbocycles. The van der Waals surface area contributed by atoms with Crippen molar-refractivity contribution in [3.63, 3.8) is 0 Å². The van der Waals surface area contributed by atoms with E-state index in [1.165, 1.54) is 11.3 Å². The van der Waals surface area contributed by atoms with Crippen molar-refractivity contribution >= 4 is 11.8 Å². The van der Waals surface area contributed by atoms with Gasteiger partial charge in [-0.25, -0.2) is 4.79 Å². The van der Waals surface area contributed by atoms with Gasteiger partial charge >= 0.3 is 6.09 Å². The van der Waals surface area contributed by atoms with Crippen LogP contribution in [0, 0.1) is 0 Å². The van der Waals surface area contributed by atoms with Crippen molar-refractivity contribution in [2.45, 2.75) is 57.8 Å². The van der Waals surface area contributed by atoms with Gasteiger partial charge in [-0.05, 0) is 59.3 Å². The first kappa shape index (κ1) is 17.6. The zero-order valence-corrected chi connectivity index (χ0v) is 14.8. The standard InChI is InChI=1S/C18H29N3O2/c1-18(2,3)23-17(22)20-15-10-14(11-15)19-16-9-7-6-8-13(16)12-21(4)5/h6-9,14-15,19H,10-12H2,1-5H3,(H,20,22). The van der Waals surface area contributed by atoms with Crippen LogP contribution in [0.15, 0.2) is 24.3 Å². The minimum absolute atomic E-state index is 0.198. The second-order valence-electron chi connectivity index (χ2n) is 7.55. The molecule has 1 amide bonds. The van der Waals surface area contributed by atoms with Gasteiger partial charge in [0, 0.05) is 24.3 Å². The Morgan fingerprint density at radius 1 is 1.22 bits per heavy atom. The van der Waals surface area contributed by atoms with Crippen LogP contribution in [0.5, 0.6) is 0 Å². The number of rotatable bonds is 5. The van der Waals surface area contributed by atoms with E-state index >= 15 is 0 Å². The summed E-state index contributed by atoms with van der Waals surface area (Å²) in [7, 11) is 4.14. The van der Waals surface area contributed by atoms with Gasteiger partial charge in [-0.1, -0.05) is 18.2 Å². The molecule has 0 atom stereocenters. The smallest absolute Gasteiger partial charge is 0.407 e. The lowest BCUT2D eigenvalue weighted by Gasteiger charge is -2.37. The van der Waals surface area contributed by atoms with Gasteiger partial charge in [-0.2, -0.15) is 0 Å². The van der Waals surface area contributed by atoms with Crippen LogP contribution in [0.3, 0.4) is 0 Å². The lowest BCUT2D eigenvalue weighted by Crippen LogP contribution is -2.50. The zero-order valence-electron chi connectivity index (χ0n) is 14.8. The first-order valence-electron chi connectivity index (χ1n) is 8.21. The van der Waals surface area contributed by atoms with Crippen molar-refractivity contribution in [1.29, 1.82) is 0 Å². The third kappa shape index (κ3) is 5.75. The van der Waals surface area contributed by atoms with Crippen LogP contribution in [0.2, 0.25) is 0 Å². The number of hydrogen-bond donors (Lipinski definition) is 2. The van der Waals surface area contributed by atoms with Crippen molar-refractivity contribution in [3.8, 4) is 0 Å². The average Bonchev–Trinajstić information content (AvgIpc) is 2.35. The number of hydrogen-bond acceptors (Lipinski definition) is 4. The Labute approximate surface area is 139 Å². The van der Waals surface area contributed by atoms with E-state index in [9.17, 15) is 4.79 Å². The first-order chi connectivity index (χ1) is 10.7. The molecule has 1 saturated carbocycles. The van der Waals surface area contributed by atoms with Gasteiger partial charge in [0.15, 0.2) is 0 Å². The molecule has 0 radical (unpaired) electrons. The highest BCUT2D eigenvalue weighted by Crippen LogP contribution is 2.26. The molecule has 2 N–H and O–H groups in total. The van der Waals surface area contributed by atoms with E-state index < -0.39 is 5.60 Å². The van der Waals surface area contributed by atoms with Gasteiger partial charge in [0.2, 0.25) is 0 Å². The van der Waals surface area contributed by atoms with E-state index in [1.54, 1.807) is 0 Å². The number of nitrogens with one attached hydrogen (secondary N) is 2. The van der Waals surface area contributed by atoms with Crippen LogP contribution in [-0.4, -0.2) is 42.8 Å². The molecule has 128 valence electrons. The Morgan fingerprint density at radius 3 is 2.48 bits per heavy atom. The average molecular weight is 319 g/mol. The van der Waals surface area contributed by atoms with Crippen molar-refractivity contribution < 1.29 is 9.53 Å². The summed E-state index contributed by atoms with van der Waals surface area (Å²) in [5, 5.41) is 6.51. The molecule has 0 heterocycles. The molecule has 1 aliphatic carbocycles. The summed E-state index contributed by atoms with van der Waals surface area (Å²) in [6, 6.07) is 8.99. The largest absolute Gasteiger partial charge is 0.444 e.